The summed E-state index contributed by atoms with van der Waals surface area (Å²) in [5.74, 6) is 0.235. The van der Waals surface area contributed by atoms with Crippen LogP contribution in [0.25, 0.3) is 0 Å². The number of benzene rings is 1. The lowest BCUT2D eigenvalue weighted by Gasteiger charge is -2.08. The number of amides is 1. The van der Waals surface area contributed by atoms with Crippen molar-refractivity contribution >= 4 is 17.3 Å². The molecule has 7 nitrogen and oxygen atoms in total. The minimum Gasteiger partial charge on any atom is -0.495 e. The molecule has 0 spiro atoms. The van der Waals surface area contributed by atoms with E-state index in [1.54, 1.807) is 31.8 Å². The largest absolute Gasteiger partial charge is 0.495 e. The van der Waals surface area contributed by atoms with Crippen LogP contribution in [0.3, 0.4) is 0 Å². The number of carbonyl (C=O) groups is 1. The molecule has 0 bridgehead atoms. The van der Waals surface area contributed by atoms with E-state index in [9.17, 15) is 4.79 Å². The number of H-pyrrole nitrogens is 1. The van der Waals surface area contributed by atoms with Crippen molar-refractivity contribution in [3.63, 3.8) is 0 Å². The molecule has 1 aromatic carbocycles. The lowest BCUT2D eigenvalue weighted by atomic mass is 10.2. The first-order valence-corrected chi connectivity index (χ1v) is 7.38. The van der Waals surface area contributed by atoms with Crippen molar-refractivity contribution in [2.24, 2.45) is 0 Å². The van der Waals surface area contributed by atoms with Gasteiger partial charge in [0.1, 0.15) is 5.75 Å². The molecule has 0 atom stereocenters. The first-order valence-electron chi connectivity index (χ1n) is 7.38. The monoisotopic (exact) mass is 323 g/mol. The van der Waals surface area contributed by atoms with Gasteiger partial charge in [-0.05, 0) is 5.56 Å². The summed E-state index contributed by atoms with van der Waals surface area (Å²) in [4.78, 5) is 16.4. The molecule has 0 unspecified atom stereocenters. The molecule has 122 valence electrons. The third-order valence-corrected chi connectivity index (χ3v) is 3.39. The van der Waals surface area contributed by atoms with Crippen LogP contribution < -0.4 is 15.4 Å². The fourth-order valence-electron chi connectivity index (χ4n) is 2.18. The van der Waals surface area contributed by atoms with Crippen molar-refractivity contribution in [3.8, 4) is 5.75 Å². The van der Waals surface area contributed by atoms with Gasteiger partial charge in [-0.15, -0.1) is 0 Å². The summed E-state index contributed by atoms with van der Waals surface area (Å²) >= 11 is 0. The molecule has 3 aromatic rings. The van der Waals surface area contributed by atoms with E-state index in [-0.39, 0.29) is 11.6 Å². The van der Waals surface area contributed by atoms with Crippen molar-refractivity contribution in [1.29, 1.82) is 0 Å². The van der Waals surface area contributed by atoms with Gasteiger partial charge in [-0.25, -0.2) is 0 Å². The van der Waals surface area contributed by atoms with E-state index in [2.05, 4.69) is 25.8 Å². The highest BCUT2D eigenvalue weighted by atomic mass is 16.5. The van der Waals surface area contributed by atoms with Crippen LogP contribution in [0.2, 0.25) is 0 Å². The number of ether oxygens (including phenoxy) is 1. The van der Waals surface area contributed by atoms with Crippen molar-refractivity contribution < 1.29 is 9.53 Å². The molecule has 0 aliphatic rings. The third-order valence-electron chi connectivity index (χ3n) is 3.39. The molecular weight excluding hydrogens is 306 g/mol. The minimum absolute atomic E-state index is 0.286. The first-order chi connectivity index (χ1) is 11.8. The maximum atomic E-state index is 12.4. The number of methoxy groups -OCH3 is 1. The number of carbonyl (C=O) groups excluding carboxylic acids is 1. The molecule has 0 saturated heterocycles. The van der Waals surface area contributed by atoms with E-state index in [0.717, 1.165) is 5.56 Å². The van der Waals surface area contributed by atoms with E-state index >= 15 is 0 Å². The molecular formula is C17H17N5O2. The number of nitrogens with zero attached hydrogens (tertiary/aromatic N) is 2. The highest BCUT2D eigenvalue weighted by Crippen LogP contribution is 2.18. The maximum Gasteiger partial charge on any atom is 0.278 e. The average molecular weight is 323 g/mol. The third kappa shape index (κ3) is 3.70. The van der Waals surface area contributed by atoms with Crippen LogP contribution in [0.15, 0.2) is 55.0 Å². The van der Waals surface area contributed by atoms with E-state index in [4.69, 9.17) is 4.74 Å². The van der Waals surface area contributed by atoms with Gasteiger partial charge in [-0.2, -0.15) is 5.10 Å². The Labute approximate surface area is 139 Å². The summed E-state index contributed by atoms with van der Waals surface area (Å²) in [7, 11) is 1.54. The van der Waals surface area contributed by atoms with Crippen LogP contribution >= 0.6 is 0 Å². The average Bonchev–Trinajstić information content (AvgIpc) is 3.10. The molecule has 0 radical (unpaired) electrons. The number of anilines is 2. The summed E-state index contributed by atoms with van der Waals surface area (Å²) < 4.78 is 5.09. The van der Waals surface area contributed by atoms with Crippen molar-refractivity contribution in [2.75, 3.05) is 17.7 Å². The normalized spacial score (nSPS) is 10.2. The zero-order chi connectivity index (χ0) is 16.8. The molecule has 2 aromatic heterocycles. The van der Waals surface area contributed by atoms with Gasteiger partial charge in [0.15, 0.2) is 5.69 Å². The SMILES string of the molecule is COc1cncc(NC(=O)c2n[nH]cc2NCc2ccccc2)c1. The van der Waals surface area contributed by atoms with Gasteiger partial charge in [0.2, 0.25) is 0 Å². The lowest BCUT2D eigenvalue weighted by Crippen LogP contribution is -2.15. The lowest BCUT2D eigenvalue weighted by molar-refractivity contribution is 0.102. The molecule has 0 saturated carbocycles. The molecule has 24 heavy (non-hydrogen) atoms. The van der Waals surface area contributed by atoms with Crippen LogP contribution in [0.5, 0.6) is 5.75 Å². The highest BCUT2D eigenvalue weighted by molar-refractivity contribution is 6.06. The number of aromatic nitrogens is 3. The van der Waals surface area contributed by atoms with Crippen LogP contribution in [0, 0.1) is 0 Å². The van der Waals surface area contributed by atoms with Gasteiger partial charge in [0, 0.05) is 18.8 Å². The van der Waals surface area contributed by atoms with Crippen molar-refractivity contribution in [2.45, 2.75) is 6.54 Å². The first kappa shape index (κ1) is 15.5. The van der Waals surface area contributed by atoms with Crippen LogP contribution in [-0.4, -0.2) is 28.2 Å². The van der Waals surface area contributed by atoms with Crippen molar-refractivity contribution in [1.82, 2.24) is 15.2 Å². The number of hydrogen-bond acceptors (Lipinski definition) is 5. The van der Waals surface area contributed by atoms with E-state index in [0.29, 0.717) is 23.7 Å². The Balaban J connectivity index is 1.68. The van der Waals surface area contributed by atoms with E-state index < -0.39 is 0 Å². The smallest absolute Gasteiger partial charge is 0.278 e. The summed E-state index contributed by atoms with van der Waals surface area (Å²) in [5.41, 5.74) is 2.57. The van der Waals surface area contributed by atoms with Crippen LogP contribution in [0.4, 0.5) is 11.4 Å². The van der Waals surface area contributed by atoms with Crippen molar-refractivity contribution in [3.05, 3.63) is 66.2 Å². The van der Waals surface area contributed by atoms with Gasteiger partial charge in [-0.1, -0.05) is 30.3 Å². The van der Waals surface area contributed by atoms with Crippen LogP contribution in [0.1, 0.15) is 16.1 Å². The predicted octanol–water partition coefficient (Wildman–Crippen LogP) is 2.68. The predicted molar refractivity (Wildman–Crippen MR) is 91.1 cm³/mol. The summed E-state index contributed by atoms with van der Waals surface area (Å²) in [6.07, 6.45) is 4.77. The number of nitrogens with one attached hydrogen (secondary N) is 3. The summed E-state index contributed by atoms with van der Waals surface area (Å²) in [6, 6.07) is 11.6. The van der Waals surface area contributed by atoms with Gasteiger partial charge < -0.3 is 15.4 Å². The Morgan fingerprint density at radius 3 is 2.88 bits per heavy atom. The standard InChI is InChI=1S/C17H17N5O2/c1-24-14-7-13(9-18-10-14)21-17(23)16-15(11-20-22-16)19-8-12-5-3-2-4-6-12/h2-7,9-11,19H,8H2,1H3,(H,20,22)(H,21,23). The topological polar surface area (TPSA) is 91.9 Å². The zero-order valence-corrected chi connectivity index (χ0v) is 13.1. The second-order valence-corrected chi connectivity index (χ2v) is 5.05. The Hall–Kier alpha value is -3.35. The Morgan fingerprint density at radius 2 is 2.08 bits per heavy atom. The highest BCUT2D eigenvalue weighted by Gasteiger charge is 2.15. The van der Waals surface area contributed by atoms with Crippen LogP contribution in [-0.2, 0) is 6.54 Å². The van der Waals surface area contributed by atoms with Gasteiger partial charge in [0.05, 0.1) is 30.9 Å². The number of aromatic amines is 1. The van der Waals surface area contributed by atoms with Gasteiger partial charge >= 0.3 is 0 Å². The summed E-state index contributed by atoms with van der Waals surface area (Å²) in [6.45, 7) is 0.599. The molecule has 3 rings (SSSR count). The second kappa shape index (κ2) is 7.28. The molecule has 2 heterocycles. The summed E-state index contributed by atoms with van der Waals surface area (Å²) in [5, 5.41) is 12.7. The quantitative estimate of drug-likeness (QED) is 0.648. The molecule has 0 aliphatic heterocycles. The zero-order valence-electron chi connectivity index (χ0n) is 13.1. The molecule has 7 heteroatoms. The molecule has 1 amide bonds. The van der Waals surface area contributed by atoms with Gasteiger partial charge in [0.25, 0.3) is 5.91 Å². The van der Waals surface area contributed by atoms with E-state index in [1.807, 2.05) is 30.3 Å². The fourth-order valence-corrected chi connectivity index (χ4v) is 2.18. The second-order valence-electron chi connectivity index (χ2n) is 5.05. The Bertz CT molecular complexity index is 817. The molecule has 0 aliphatic carbocycles. The number of rotatable bonds is 6. The maximum absolute atomic E-state index is 12.4. The Kier molecular flexibility index (Phi) is 4.71. The number of hydrogen-bond donors (Lipinski definition) is 3. The van der Waals surface area contributed by atoms with Gasteiger partial charge in [-0.3, -0.25) is 14.9 Å². The molecule has 0 fully saturated rings. The number of pyridine rings is 1. The Morgan fingerprint density at radius 1 is 1.25 bits per heavy atom. The fraction of sp³-hybridized carbons (Fsp3) is 0.118. The molecule has 3 N–H and O–H groups in total. The van der Waals surface area contributed by atoms with E-state index in [1.165, 1.54) is 0 Å². The minimum atomic E-state index is -0.332.